The minimum absolute atomic E-state index is 0.718. The molecule has 0 fully saturated rings. The average Bonchev–Trinajstić information content (AvgIpc) is 2.29. The lowest BCUT2D eigenvalue weighted by molar-refractivity contribution is 1.10. The molecule has 3 nitrogen and oxygen atoms in total. The molecule has 0 atom stereocenters. The number of nitrogens with two attached hydrogens (primary N) is 1. The summed E-state index contributed by atoms with van der Waals surface area (Å²) >= 11 is 6.07. The zero-order valence-corrected chi connectivity index (χ0v) is 10.1. The van der Waals surface area contributed by atoms with Crippen LogP contribution in [-0.2, 0) is 6.42 Å². The number of hydrazine groups is 1. The maximum Gasteiger partial charge on any atom is 0.143 e. The molecule has 0 spiro atoms. The van der Waals surface area contributed by atoms with Gasteiger partial charge in [-0.05, 0) is 42.7 Å². The predicted octanol–water partition coefficient (Wildman–Crippen LogP) is 3.04. The van der Waals surface area contributed by atoms with Gasteiger partial charge in [-0.2, -0.15) is 0 Å². The largest absolute Gasteiger partial charge is 0.308 e. The molecule has 16 heavy (non-hydrogen) atoms. The first-order valence-corrected chi connectivity index (χ1v) is 5.60. The number of aromatic nitrogens is 1. The molecule has 0 amide bonds. The quantitative estimate of drug-likeness (QED) is 0.621. The van der Waals surface area contributed by atoms with Gasteiger partial charge >= 0.3 is 0 Å². The Hall–Kier alpha value is -1.32. The molecule has 0 aliphatic carbocycles. The molecule has 2 aromatic rings. The van der Waals surface area contributed by atoms with Gasteiger partial charge in [-0.1, -0.05) is 18.5 Å². The molecule has 0 unspecified atom stereocenters. The number of nitrogens with one attached hydrogen (secondary N) is 1. The number of fused-ring (bicyclic) bond motifs is 1. The second-order valence-corrected chi connectivity index (χ2v) is 4.20. The van der Waals surface area contributed by atoms with Crippen LogP contribution in [0.2, 0.25) is 5.02 Å². The third kappa shape index (κ3) is 1.84. The molecule has 0 aliphatic heterocycles. The highest BCUT2D eigenvalue weighted by Crippen LogP contribution is 2.25. The van der Waals surface area contributed by atoms with Crippen LogP contribution >= 0.6 is 11.6 Å². The van der Waals surface area contributed by atoms with E-state index >= 15 is 0 Å². The molecule has 0 bridgehead atoms. The van der Waals surface area contributed by atoms with Gasteiger partial charge in [0.05, 0.1) is 5.52 Å². The number of pyridine rings is 1. The van der Waals surface area contributed by atoms with Crippen molar-refractivity contribution in [2.75, 3.05) is 5.43 Å². The summed E-state index contributed by atoms with van der Waals surface area (Å²) in [5.74, 6) is 6.16. The fourth-order valence-electron chi connectivity index (χ4n) is 1.75. The van der Waals surface area contributed by atoms with E-state index in [0.717, 1.165) is 39.3 Å². The second-order valence-electron chi connectivity index (χ2n) is 3.79. The Kier molecular flexibility index (Phi) is 2.99. The number of benzene rings is 1. The molecular weight excluding hydrogens is 222 g/mol. The Morgan fingerprint density at radius 1 is 1.38 bits per heavy atom. The molecule has 3 N–H and O–H groups in total. The van der Waals surface area contributed by atoms with Gasteiger partial charge in [0.2, 0.25) is 0 Å². The maximum atomic E-state index is 6.07. The lowest BCUT2D eigenvalue weighted by Crippen LogP contribution is -2.11. The summed E-state index contributed by atoms with van der Waals surface area (Å²) in [4.78, 5) is 4.45. The highest BCUT2D eigenvalue weighted by molar-refractivity contribution is 6.32. The predicted molar refractivity (Wildman–Crippen MR) is 68.7 cm³/mol. The molecule has 0 saturated carbocycles. The molecule has 2 rings (SSSR count). The first kappa shape index (κ1) is 11.2. The zero-order valence-electron chi connectivity index (χ0n) is 9.34. The average molecular weight is 236 g/mol. The van der Waals surface area contributed by atoms with Gasteiger partial charge in [-0.25, -0.2) is 10.8 Å². The van der Waals surface area contributed by atoms with Crippen molar-refractivity contribution in [2.45, 2.75) is 20.3 Å². The minimum atomic E-state index is 0.718. The summed E-state index contributed by atoms with van der Waals surface area (Å²) in [5.41, 5.74) is 5.65. The number of nitrogens with zero attached hydrogens (tertiary/aromatic N) is 1. The van der Waals surface area contributed by atoms with Gasteiger partial charge in [0.15, 0.2) is 0 Å². The molecule has 0 radical (unpaired) electrons. The summed E-state index contributed by atoms with van der Waals surface area (Å²) < 4.78 is 0. The van der Waals surface area contributed by atoms with Crippen molar-refractivity contribution in [3.05, 3.63) is 34.3 Å². The van der Waals surface area contributed by atoms with Crippen molar-refractivity contribution in [1.29, 1.82) is 0 Å². The van der Waals surface area contributed by atoms with Crippen molar-refractivity contribution in [3.8, 4) is 0 Å². The van der Waals surface area contributed by atoms with Gasteiger partial charge in [0, 0.05) is 10.4 Å². The summed E-state index contributed by atoms with van der Waals surface area (Å²) in [6.45, 7) is 4.06. The topological polar surface area (TPSA) is 50.9 Å². The van der Waals surface area contributed by atoms with Crippen LogP contribution in [0, 0.1) is 6.92 Å². The SMILES string of the molecule is CCc1cc2cc(C)c(Cl)cc2nc1NN. The molecule has 0 aliphatic rings. The van der Waals surface area contributed by atoms with Crippen LogP contribution in [0.3, 0.4) is 0 Å². The fraction of sp³-hybridized carbons (Fsp3) is 0.250. The minimum Gasteiger partial charge on any atom is -0.308 e. The van der Waals surface area contributed by atoms with Crippen LogP contribution in [0.15, 0.2) is 18.2 Å². The Bertz CT molecular complexity index is 489. The summed E-state index contributed by atoms with van der Waals surface area (Å²) in [7, 11) is 0. The van der Waals surface area contributed by atoms with Crippen molar-refractivity contribution in [2.24, 2.45) is 5.84 Å². The van der Waals surface area contributed by atoms with Crippen molar-refractivity contribution < 1.29 is 0 Å². The second kappa shape index (κ2) is 4.28. The zero-order chi connectivity index (χ0) is 11.7. The number of halogens is 1. The van der Waals surface area contributed by atoms with Crippen LogP contribution in [0.25, 0.3) is 10.9 Å². The Morgan fingerprint density at radius 3 is 2.75 bits per heavy atom. The van der Waals surface area contributed by atoms with Gasteiger partial charge in [-0.15, -0.1) is 0 Å². The number of rotatable bonds is 2. The van der Waals surface area contributed by atoms with Crippen molar-refractivity contribution in [3.63, 3.8) is 0 Å². The highest BCUT2D eigenvalue weighted by Gasteiger charge is 2.06. The molecule has 1 heterocycles. The number of anilines is 1. The summed E-state index contributed by atoms with van der Waals surface area (Å²) in [5, 5.41) is 1.82. The number of hydrogen-bond acceptors (Lipinski definition) is 3. The first-order valence-electron chi connectivity index (χ1n) is 5.22. The lowest BCUT2D eigenvalue weighted by Gasteiger charge is -2.09. The van der Waals surface area contributed by atoms with Crippen molar-refractivity contribution in [1.82, 2.24) is 4.98 Å². The standard InChI is InChI=1S/C12H14ClN3/c1-3-8-5-9-4-7(2)10(13)6-11(9)15-12(8)16-14/h4-6H,3,14H2,1-2H3,(H,15,16). The Balaban J connectivity index is 2.73. The van der Waals surface area contributed by atoms with E-state index in [9.17, 15) is 0 Å². The Morgan fingerprint density at radius 2 is 2.12 bits per heavy atom. The summed E-state index contributed by atoms with van der Waals surface area (Å²) in [6, 6.07) is 6.01. The number of nitrogen functional groups attached to an aromatic ring is 1. The van der Waals surface area contributed by atoms with E-state index in [-0.39, 0.29) is 0 Å². The van der Waals surface area contributed by atoms with Gasteiger partial charge in [0.1, 0.15) is 5.82 Å². The molecule has 1 aromatic carbocycles. The molecule has 4 heteroatoms. The van der Waals surface area contributed by atoms with E-state index in [4.69, 9.17) is 17.4 Å². The van der Waals surface area contributed by atoms with Crippen LogP contribution < -0.4 is 11.3 Å². The van der Waals surface area contributed by atoms with Gasteiger partial charge in [0.25, 0.3) is 0 Å². The van der Waals surface area contributed by atoms with Crippen LogP contribution in [0.4, 0.5) is 5.82 Å². The first-order chi connectivity index (χ1) is 7.65. The lowest BCUT2D eigenvalue weighted by atomic mass is 10.1. The van der Waals surface area contributed by atoms with E-state index in [1.165, 1.54) is 0 Å². The third-order valence-electron chi connectivity index (χ3n) is 2.69. The molecular formula is C12H14ClN3. The van der Waals surface area contributed by atoms with E-state index in [1.54, 1.807) is 0 Å². The van der Waals surface area contributed by atoms with Gasteiger partial charge in [-0.3, -0.25) is 0 Å². The van der Waals surface area contributed by atoms with E-state index in [1.807, 2.05) is 19.1 Å². The van der Waals surface area contributed by atoms with Crippen LogP contribution in [0.5, 0.6) is 0 Å². The summed E-state index contributed by atoms with van der Waals surface area (Å²) in [6.07, 6.45) is 0.893. The monoisotopic (exact) mass is 235 g/mol. The maximum absolute atomic E-state index is 6.07. The van der Waals surface area contributed by atoms with E-state index in [0.29, 0.717) is 0 Å². The smallest absolute Gasteiger partial charge is 0.143 e. The van der Waals surface area contributed by atoms with E-state index < -0.39 is 0 Å². The molecule has 1 aromatic heterocycles. The fourth-order valence-corrected chi connectivity index (χ4v) is 1.91. The highest BCUT2D eigenvalue weighted by atomic mass is 35.5. The Labute approximate surface area is 99.6 Å². The molecule has 84 valence electrons. The molecule has 0 saturated heterocycles. The normalized spacial score (nSPS) is 10.8. The number of aryl methyl sites for hydroxylation is 2. The van der Waals surface area contributed by atoms with Gasteiger partial charge < -0.3 is 5.43 Å². The number of hydrogen-bond donors (Lipinski definition) is 2. The van der Waals surface area contributed by atoms with Crippen LogP contribution in [-0.4, -0.2) is 4.98 Å². The van der Waals surface area contributed by atoms with Crippen molar-refractivity contribution >= 4 is 28.3 Å². The van der Waals surface area contributed by atoms with E-state index in [2.05, 4.69) is 23.4 Å². The third-order valence-corrected chi connectivity index (χ3v) is 3.10. The van der Waals surface area contributed by atoms with Crippen LogP contribution in [0.1, 0.15) is 18.1 Å².